The Morgan fingerprint density at radius 2 is 1.90 bits per heavy atom. The van der Waals surface area contributed by atoms with Crippen LogP contribution in [-0.2, 0) is 9.53 Å². The summed E-state index contributed by atoms with van der Waals surface area (Å²) in [6.45, 7) is 3.30. The van der Waals surface area contributed by atoms with Gasteiger partial charge in [-0.2, -0.15) is 0 Å². The van der Waals surface area contributed by atoms with E-state index in [1.165, 1.54) is 0 Å². The predicted molar refractivity (Wildman–Crippen MR) is 80.7 cm³/mol. The number of amides is 1. The minimum Gasteiger partial charge on any atom is -0.368 e. The zero-order chi connectivity index (χ0) is 14.2. The van der Waals surface area contributed by atoms with Gasteiger partial charge in [0, 0.05) is 11.7 Å². The summed E-state index contributed by atoms with van der Waals surface area (Å²) in [6, 6.07) is 10.1. The topological polar surface area (TPSA) is 50.4 Å². The van der Waals surface area contributed by atoms with Crippen LogP contribution < -0.4 is 10.6 Å². The monoisotopic (exact) mass is 276 g/mol. The third-order valence-corrected chi connectivity index (χ3v) is 3.67. The van der Waals surface area contributed by atoms with Gasteiger partial charge in [0.15, 0.2) is 0 Å². The highest BCUT2D eigenvalue weighted by molar-refractivity contribution is 5.91. The van der Waals surface area contributed by atoms with Crippen molar-refractivity contribution in [2.75, 3.05) is 18.5 Å². The van der Waals surface area contributed by atoms with Crippen LogP contribution in [0.3, 0.4) is 0 Å². The Labute approximate surface area is 120 Å². The van der Waals surface area contributed by atoms with Crippen LogP contribution in [0.1, 0.15) is 32.6 Å². The van der Waals surface area contributed by atoms with Crippen molar-refractivity contribution in [1.82, 2.24) is 5.32 Å². The second-order valence-corrected chi connectivity index (χ2v) is 5.26. The van der Waals surface area contributed by atoms with E-state index in [1.807, 2.05) is 30.3 Å². The summed E-state index contributed by atoms with van der Waals surface area (Å²) in [5.74, 6) is -0.0787. The van der Waals surface area contributed by atoms with E-state index in [4.69, 9.17) is 4.74 Å². The standard InChI is InChI=1S/C16H24N2O2/c1-2-17-13-8-10-15(11-9-13)20-12-16(19)18-14-6-4-3-5-7-14/h3-7,13,15,17H,2,8-12H2,1H3,(H,18,19). The molecule has 0 spiro atoms. The molecule has 0 aromatic heterocycles. The van der Waals surface area contributed by atoms with Crippen LogP contribution in [0.5, 0.6) is 0 Å². The van der Waals surface area contributed by atoms with Crippen LogP contribution in [0, 0.1) is 0 Å². The van der Waals surface area contributed by atoms with Crippen molar-refractivity contribution in [3.8, 4) is 0 Å². The summed E-state index contributed by atoms with van der Waals surface area (Å²) in [4.78, 5) is 11.8. The van der Waals surface area contributed by atoms with E-state index in [2.05, 4.69) is 17.6 Å². The number of carbonyl (C=O) groups excluding carboxylic acids is 1. The Balaban J connectivity index is 1.64. The molecule has 4 heteroatoms. The van der Waals surface area contributed by atoms with Crippen LogP contribution in [-0.4, -0.2) is 31.2 Å². The number of benzene rings is 1. The summed E-state index contributed by atoms with van der Waals surface area (Å²) in [5, 5.41) is 6.30. The Bertz CT molecular complexity index is 400. The van der Waals surface area contributed by atoms with Gasteiger partial charge >= 0.3 is 0 Å². The third-order valence-electron chi connectivity index (χ3n) is 3.67. The van der Waals surface area contributed by atoms with Gasteiger partial charge in [0.1, 0.15) is 6.61 Å². The molecule has 1 saturated carbocycles. The molecule has 2 rings (SSSR count). The van der Waals surface area contributed by atoms with E-state index >= 15 is 0 Å². The molecule has 0 saturated heterocycles. The Hall–Kier alpha value is -1.39. The molecule has 1 aliphatic rings. The van der Waals surface area contributed by atoms with Gasteiger partial charge in [-0.3, -0.25) is 4.79 Å². The third kappa shape index (κ3) is 4.94. The van der Waals surface area contributed by atoms with Gasteiger partial charge in [0.05, 0.1) is 6.10 Å². The number of hydrogen-bond acceptors (Lipinski definition) is 3. The average molecular weight is 276 g/mol. The van der Waals surface area contributed by atoms with Gasteiger partial charge in [-0.15, -0.1) is 0 Å². The van der Waals surface area contributed by atoms with Gasteiger partial charge in [0.25, 0.3) is 0 Å². The molecule has 0 radical (unpaired) electrons. The van der Waals surface area contributed by atoms with E-state index < -0.39 is 0 Å². The van der Waals surface area contributed by atoms with E-state index in [9.17, 15) is 4.79 Å². The van der Waals surface area contributed by atoms with Gasteiger partial charge in [-0.25, -0.2) is 0 Å². The minimum atomic E-state index is -0.0787. The van der Waals surface area contributed by atoms with Crippen molar-refractivity contribution in [2.45, 2.75) is 44.8 Å². The fraction of sp³-hybridized carbons (Fsp3) is 0.562. The van der Waals surface area contributed by atoms with Gasteiger partial charge in [-0.05, 0) is 44.4 Å². The van der Waals surface area contributed by atoms with Crippen molar-refractivity contribution < 1.29 is 9.53 Å². The van der Waals surface area contributed by atoms with Crippen LogP contribution in [0.25, 0.3) is 0 Å². The zero-order valence-corrected chi connectivity index (χ0v) is 12.1. The fourth-order valence-corrected chi connectivity index (χ4v) is 2.63. The van der Waals surface area contributed by atoms with Crippen molar-refractivity contribution in [2.24, 2.45) is 0 Å². The molecule has 1 fully saturated rings. The van der Waals surface area contributed by atoms with E-state index in [1.54, 1.807) is 0 Å². The van der Waals surface area contributed by atoms with Gasteiger partial charge in [-0.1, -0.05) is 25.1 Å². The SMILES string of the molecule is CCNC1CCC(OCC(=O)Nc2ccccc2)CC1. The molecule has 4 nitrogen and oxygen atoms in total. The van der Waals surface area contributed by atoms with Crippen molar-refractivity contribution in [1.29, 1.82) is 0 Å². The normalized spacial score (nSPS) is 22.4. The number of para-hydroxylation sites is 1. The van der Waals surface area contributed by atoms with E-state index in [0.717, 1.165) is 37.9 Å². The maximum absolute atomic E-state index is 11.8. The Morgan fingerprint density at radius 3 is 2.55 bits per heavy atom. The fourth-order valence-electron chi connectivity index (χ4n) is 2.63. The van der Waals surface area contributed by atoms with Gasteiger partial charge in [0.2, 0.25) is 5.91 Å². The maximum atomic E-state index is 11.8. The lowest BCUT2D eigenvalue weighted by atomic mass is 9.93. The number of nitrogens with one attached hydrogen (secondary N) is 2. The summed E-state index contributed by atoms with van der Waals surface area (Å²) >= 11 is 0. The molecule has 110 valence electrons. The lowest BCUT2D eigenvalue weighted by Crippen LogP contribution is -2.36. The first-order chi connectivity index (χ1) is 9.78. The molecule has 1 aromatic rings. The van der Waals surface area contributed by atoms with Crippen molar-refractivity contribution in [3.05, 3.63) is 30.3 Å². The Morgan fingerprint density at radius 1 is 1.20 bits per heavy atom. The molecule has 0 unspecified atom stereocenters. The smallest absolute Gasteiger partial charge is 0.250 e. The average Bonchev–Trinajstić information content (AvgIpc) is 2.48. The molecular formula is C16H24N2O2. The van der Waals surface area contributed by atoms with Gasteiger partial charge < -0.3 is 15.4 Å². The lowest BCUT2D eigenvalue weighted by molar-refractivity contribution is -0.123. The molecule has 0 aliphatic heterocycles. The zero-order valence-electron chi connectivity index (χ0n) is 12.1. The molecule has 1 aromatic carbocycles. The number of anilines is 1. The second-order valence-electron chi connectivity index (χ2n) is 5.26. The van der Waals surface area contributed by atoms with Crippen LogP contribution in [0.2, 0.25) is 0 Å². The Kier molecular flexibility index (Phi) is 6.02. The second kappa shape index (κ2) is 8.02. The largest absolute Gasteiger partial charge is 0.368 e. The highest BCUT2D eigenvalue weighted by Gasteiger charge is 2.21. The van der Waals surface area contributed by atoms with Crippen LogP contribution in [0.15, 0.2) is 30.3 Å². The molecule has 20 heavy (non-hydrogen) atoms. The first-order valence-corrected chi connectivity index (χ1v) is 7.48. The quantitative estimate of drug-likeness (QED) is 0.839. The highest BCUT2D eigenvalue weighted by atomic mass is 16.5. The number of hydrogen-bond donors (Lipinski definition) is 2. The first-order valence-electron chi connectivity index (χ1n) is 7.48. The summed E-state index contributed by atoms with van der Waals surface area (Å²) < 4.78 is 5.70. The number of ether oxygens (including phenoxy) is 1. The molecule has 2 N–H and O–H groups in total. The molecule has 0 heterocycles. The number of carbonyl (C=O) groups is 1. The lowest BCUT2D eigenvalue weighted by Gasteiger charge is -2.28. The summed E-state index contributed by atoms with van der Waals surface area (Å²) in [7, 11) is 0. The van der Waals surface area contributed by atoms with Crippen LogP contribution in [0.4, 0.5) is 5.69 Å². The summed E-state index contributed by atoms with van der Waals surface area (Å²) in [5.41, 5.74) is 0.817. The van der Waals surface area contributed by atoms with Crippen LogP contribution >= 0.6 is 0 Å². The highest BCUT2D eigenvalue weighted by Crippen LogP contribution is 2.21. The van der Waals surface area contributed by atoms with E-state index in [0.29, 0.717) is 6.04 Å². The molecular weight excluding hydrogens is 252 g/mol. The number of rotatable bonds is 6. The predicted octanol–water partition coefficient (Wildman–Crippen LogP) is 2.56. The van der Waals surface area contributed by atoms with E-state index in [-0.39, 0.29) is 18.6 Å². The first kappa shape index (κ1) is 15.0. The maximum Gasteiger partial charge on any atom is 0.250 e. The minimum absolute atomic E-state index is 0.0787. The summed E-state index contributed by atoms with van der Waals surface area (Å²) in [6.07, 6.45) is 4.58. The molecule has 0 bridgehead atoms. The van der Waals surface area contributed by atoms with Crippen molar-refractivity contribution >= 4 is 11.6 Å². The van der Waals surface area contributed by atoms with Crippen molar-refractivity contribution in [3.63, 3.8) is 0 Å². The molecule has 1 aliphatic carbocycles. The molecule has 1 amide bonds. The molecule has 0 atom stereocenters.